The molecule has 4 rings (SSSR count). The van der Waals surface area contributed by atoms with E-state index < -0.39 is 5.97 Å². The Morgan fingerprint density at radius 1 is 1.37 bits per heavy atom. The molecule has 1 atom stereocenters. The molecule has 1 aromatic heterocycles. The minimum Gasteiger partial charge on any atom is -0.478 e. The molecular formula is C21H23ClN4O3S. The first-order valence-electron chi connectivity index (χ1n) is 9.98. The van der Waals surface area contributed by atoms with Crippen LogP contribution in [0.3, 0.4) is 0 Å². The molecule has 1 aromatic carbocycles. The second kappa shape index (κ2) is 8.43. The Balaban J connectivity index is 1.50. The predicted octanol–water partition coefficient (Wildman–Crippen LogP) is 3.68. The van der Waals surface area contributed by atoms with Crippen LogP contribution in [0.15, 0.2) is 41.1 Å². The van der Waals surface area contributed by atoms with Crippen molar-refractivity contribution in [2.45, 2.75) is 48.8 Å². The number of aromatic carboxylic acids is 1. The fourth-order valence-electron chi connectivity index (χ4n) is 4.17. The first-order valence-corrected chi connectivity index (χ1v) is 11.2. The number of halogens is 1. The zero-order chi connectivity index (χ0) is 21.3. The molecule has 9 heteroatoms. The largest absolute Gasteiger partial charge is 0.478 e. The molecule has 1 unspecified atom stereocenters. The van der Waals surface area contributed by atoms with Crippen LogP contribution in [0.5, 0.6) is 0 Å². The fraction of sp³-hybridized carbons (Fsp3) is 0.429. The maximum Gasteiger partial charge on any atom is 0.335 e. The SMILES string of the molecule is CCC1(C2=CCCN(C(=O)CCn3ccnn3)C2)Cc2cc(C(=O)O)cc(Cl)c2S1. The van der Waals surface area contributed by atoms with Crippen LogP contribution in [-0.2, 0) is 17.8 Å². The number of amides is 1. The third-order valence-electron chi connectivity index (χ3n) is 5.83. The summed E-state index contributed by atoms with van der Waals surface area (Å²) in [5, 5.41) is 17.5. The zero-order valence-corrected chi connectivity index (χ0v) is 18.2. The lowest BCUT2D eigenvalue weighted by Gasteiger charge is -2.37. The number of thioether (sulfide) groups is 1. The molecular weight excluding hydrogens is 424 g/mol. The van der Waals surface area contributed by atoms with Crippen molar-refractivity contribution in [3.63, 3.8) is 0 Å². The number of fused-ring (bicyclic) bond motifs is 1. The van der Waals surface area contributed by atoms with Crippen LogP contribution in [0, 0.1) is 0 Å². The third kappa shape index (κ3) is 3.98. The van der Waals surface area contributed by atoms with Gasteiger partial charge in [-0.1, -0.05) is 29.8 Å². The van der Waals surface area contributed by atoms with Gasteiger partial charge in [-0.2, -0.15) is 0 Å². The van der Waals surface area contributed by atoms with Gasteiger partial charge < -0.3 is 10.0 Å². The zero-order valence-electron chi connectivity index (χ0n) is 16.7. The van der Waals surface area contributed by atoms with E-state index >= 15 is 0 Å². The van der Waals surface area contributed by atoms with Crippen molar-refractivity contribution in [1.82, 2.24) is 19.9 Å². The van der Waals surface area contributed by atoms with Gasteiger partial charge in [0.1, 0.15) is 0 Å². The number of carboxylic acid groups (broad SMARTS) is 1. The topological polar surface area (TPSA) is 88.3 Å². The molecule has 158 valence electrons. The highest BCUT2D eigenvalue weighted by Gasteiger charge is 2.42. The van der Waals surface area contributed by atoms with Crippen molar-refractivity contribution in [2.75, 3.05) is 13.1 Å². The van der Waals surface area contributed by atoms with Gasteiger partial charge in [0.25, 0.3) is 0 Å². The van der Waals surface area contributed by atoms with Gasteiger partial charge in [0, 0.05) is 35.3 Å². The van der Waals surface area contributed by atoms with Crippen LogP contribution in [0.4, 0.5) is 0 Å². The molecule has 0 radical (unpaired) electrons. The lowest BCUT2D eigenvalue weighted by Crippen LogP contribution is -2.41. The van der Waals surface area contributed by atoms with E-state index in [-0.39, 0.29) is 16.2 Å². The predicted molar refractivity (Wildman–Crippen MR) is 115 cm³/mol. The smallest absolute Gasteiger partial charge is 0.335 e. The Morgan fingerprint density at radius 3 is 2.90 bits per heavy atom. The lowest BCUT2D eigenvalue weighted by atomic mass is 9.86. The number of aromatic nitrogens is 3. The summed E-state index contributed by atoms with van der Waals surface area (Å²) < 4.78 is 1.46. The van der Waals surface area contributed by atoms with Crippen LogP contribution in [0.2, 0.25) is 5.02 Å². The van der Waals surface area contributed by atoms with Gasteiger partial charge in [-0.25, -0.2) is 4.79 Å². The molecule has 2 aromatic rings. The van der Waals surface area contributed by atoms with Crippen molar-refractivity contribution in [1.29, 1.82) is 0 Å². The lowest BCUT2D eigenvalue weighted by molar-refractivity contribution is -0.131. The van der Waals surface area contributed by atoms with E-state index in [0.29, 0.717) is 31.1 Å². The standard InChI is InChI=1S/C21H23ClN4O3S/c1-2-21(12-15-10-14(20(28)29)11-17(22)19(15)30-21)16-4-3-7-25(13-16)18(27)5-8-26-9-6-23-24-26/h4,6,9-11H,2-3,5,7-8,12-13H2,1H3,(H,28,29). The molecule has 7 nitrogen and oxygen atoms in total. The van der Waals surface area contributed by atoms with E-state index in [9.17, 15) is 14.7 Å². The number of carbonyl (C=O) groups excluding carboxylic acids is 1. The molecule has 1 N–H and O–H groups in total. The second-order valence-electron chi connectivity index (χ2n) is 7.63. The van der Waals surface area contributed by atoms with Gasteiger partial charge in [-0.3, -0.25) is 9.48 Å². The number of hydrogen-bond donors (Lipinski definition) is 1. The van der Waals surface area contributed by atoms with Gasteiger partial charge in [-0.05, 0) is 42.5 Å². The highest BCUT2D eigenvalue weighted by Crippen LogP contribution is 2.54. The molecule has 0 bridgehead atoms. The van der Waals surface area contributed by atoms with E-state index in [4.69, 9.17) is 11.6 Å². The minimum absolute atomic E-state index is 0.106. The number of hydrogen-bond acceptors (Lipinski definition) is 5. The summed E-state index contributed by atoms with van der Waals surface area (Å²) in [5.41, 5.74) is 2.41. The molecule has 3 heterocycles. The number of aryl methyl sites for hydroxylation is 1. The first-order chi connectivity index (χ1) is 14.4. The van der Waals surface area contributed by atoms with Crippen molar-refractivity contribution >= 4 is 35.2 Å². The van der Waals surface area contributed by atoms with E-state index in [2.05, 4.69) is 23.3 Å². The highest BCUT2D eigenvalue weighted by molar-refractivity contribution is 8.01. The Hall–Kier alpha value is -2.32. The van der Waals surface area contributed by atoms with Gasteiger partial charge in [0.05, 0.1) is 23.3 Å². The van der Waals surface area contributed by atoms with Crippen molar-refractivity contribution in [3.8, 4) is 0 Å². The highest BCUT2D eigenvalue weighted by atomic mass is 35.5. The van der Waals surface area contributed by atoms with Crippen molar-refractivity contribution in [2.24, 2.45) is 0 Å². The monoisotopic (exact) mass is 446 g/mol. The van der Waals surface area contributed by atoms with Crippen LogP contribution < -0.4 is 0 Å². The minimum atomic E-state index is -0.972. The van der Waals surface area contributed by atoms with E-state index in [1.165, 1.54) is 11.6 Å². The molecule has 2 aliphatic rings. The van der Waals surface area contributed by atoms with Crippen LogP contribution >= 0.6 is 23.4 Å². The Kier molecular flexibility index (Phi) is 5.88. The number of carboxylic acids is 1. The van der Waals surface area contributed by atoms with E-state index in [1.807, 2.05) is 4.90 Å². The van der Waals surface area contributed by atoms with Gasteiger partial charge >= 0.3 is 5.97 Å². The molecule has 0 saturated carbocycles. The van der Waals surface area contributed by atoms with Gasteiger partial charge in [0.2, 0.25) is 5.91 Å². The molecule has 0 aliphatic carbocycles. The molecule has 30 heavy (non-hydrogen) atoms. The van der Waals surface area contributed by atoms with Gasteiger partial charge in [-0.15, -0.1) is 16.9 Å². The number of nitrogens with zero attached hydrogens (tertiary/aromatic N) is 4. The summed E-state index contributed by atoms with van der Waals surface area (Å²) >= 11 is 8.14. The van der Waals surface area contributed by atoms with Crippen LogP contribution in [0.25, 0.3) is 0 Å². The average Bonchev–Trinajstić information content (AvgIpc) is 3.40. The second-order valence-corrected chi connectivity index (χ2v) is 9.43. The van der Waals surface area contributed by atoms with Crippen LogP contribution in [0.1, 0.15) is 42.1 Å². The fourth-order valence-corrected chi connectivity index (χ4v) is 5.98. The maximum absolute atomic E-state index is 12.8. The number of rotatable bonds is 6. The summed E-state index contributed by atoms with van der Waals surface area (Å²) in [4.78, 5) is 27.1. The Bertz CT molecular complexity index is 1010. The first kappa shape index (κ1) is 20.9. The molecule has 0 fully saturated rings. The maximum atomic E-state index is 12.8. The van der Waals surface area contributed by atoms with Crippen molar-refractivity contribution < 1.29 is 14.7 Å². The summed E-state index contributed by atoms with van der Waals surface area (Å²) in [6.07, 6.45) is 8.40. The van der Waals surface area contributed by atoms with Crippen molar-refractivity contribution in [3.05, 3.63) is 52.3 Å². The Morgan fingerprint density at radius 2 is 2.20 bits per heavy atom. The molecule has 2 aliphatic heterocycles. The summed E-state index contributed by atoms with van der Waals surface area (Å²) in [5.74, 6) is -0.867. The number of carbonyl (C=O) groups is 2. The van der Waals surface area contributed by atoms with Gasteiger partial charge in [0.15, 0.2) is 0 Å². The number of benzene rings is 1. The molecule has 0 spiro atoms. The van der Waals surface area contributed by atoms with E-state index in [1.54, 1.807) is 34.9 Å². The molecule has 0 saturated heterocycles. The summed E-state index contributed by atoms with van der Waals surface area (Å²) in [6, 6.07) is 3.26. The van der Waals surface area contributed by atoms with E-state index in [0.717, 1.165) is 29.7 Å². The summed E-state index contributed by atoms with van der Waals surface area (Å²) in [6.45, 7) is 3.95. The summed E-state index contributed by atoms with van der Waals surface area (Å²) in [7, 11) is 0. The average molecular weight is 447 g/mol. The normalized spacial score (nSPS) is 20.7. The Labute approximate surface area is 184 Å². The molecule has 1 amide bonds. The van der Waals surface area contributed by atoms with Crippen LogP contribution in [-0.4, -0.2) is 54.7 Å². The third-order valence-corrected chi connectivity index (χ3v) is 8.01. The quantitative estimate of drug-likeness (QED) is 0.681.